The molecule has 1 rings (SSSR count). The molecule has 202 valence electrons. The van der Waals surface area contributed by atoms with Crippen LogP contribution >= 0.6 is 0 Å². The van der Waals surface area contributed by atoms with E-state index in [9.17, 15) is 29.4 Å². The second kappa shape index (κ2) is 14.4. The average Bonchev–Trinajstić information content (AvgIpc) is 2.84. The van der Waals surface area contributed by atoms with Crippen LogP contribution in [-0.4, -0.2) is 58.1 Å². The molecule has 6 unspecified atom stereocenters. The van der Waals surface area contributed by atoms with E-state index < -0.39 is 47.9 Å². The monoisotopic (exact) mass is 506 g/mol. The van der Waals surface area contributed by atoms with E-state index in [4.69, 9.17) is 5.73 Å². The summed E-state index contributed by atoms with van der Waals surface area (Å²) in [7, 11) is 0. The van der Waals surface area contributed by atoms with Crippen molar-refractivity contribution < 1.29 is 29.4 Å². The molecule has 0 aliphatic carbocycles. The normalized spacial score (nSPS) is 16.2. The van der Waals surface area contributed by atoms with Gasteiger partial charge in [-0.25, -0.2) is 4.79 Å². The zero-order chi connectivity index (χ0) is 27.6. The first-order valence-electron chi connectivity index (χ1n) is 12.5. The van der Waals surface area contributed by atoms with Crippen LogP contribution in [0, 0.1) is 17.8 Å². The van der Waals surface area contributed by atoms with Crippen molar-refractivity contribution in [2.75, 3.05) is 0 Å². The summed E-state index contributed by atoms with van der Waals surface area (Å²) in [4.78, 5) is 50.8. The number of aliphatic carboxylic acids is 1. The molecule has 36 heavy (non-hydrogen) atoms. The van der Waals surface area contributed by atoms with Gasteiger partial charge in [0.25, 0.3) is 0 Å². The predicted octanol–water partition coefficient (Wildman–Crippen LogP) is 1.55. The number of amides is 3. The van der Waals surface area contributed by atoms with Gasteiger partial charge >= 0.3 is 5.97 Å². The maximum absolute atomic E-state index is 13.2. The molecule has 0 aromatic heterocycles. The maximum Gasteiger partial charge on any atom is 0.326 e. The van der Waals surface area contributed by atoms with Crippen LogP contribution < -0.4 is 21.7 Å². The maximum atomic E-state index is 13.2. The third kappa shape index (κ3) is 9.14. The molecule has 0 aliphatic heterocycles. The molecule has 1 aromatic rings. The van der Waals surface area contributed by atoms with E-state index in [-0.39, 0.29) is 29.9 Å². The summed E-state index contributed by atoms with van der Waals surface area (Å²) in [6.45, 7) is 10.8. The van der Waals surface area contributed by atoms with E-state index >= 15 is 0 Å². The summed E-state index contributed by atoms with van der Waals surface area (Å²) in [5.74, 6) is -3.53. The summed E-state index contributed by atoms with van der Waals surface area (Å²) in [5, 5.41) is 27.1. The Morgan fingerprint density at radius 3 is 1.81 bits per heavy atom. The molecule has 1 aromatic carbocycles. The van der Waals surface area contributed by atoms with Crippen LogP contribution in [0.2, 0.25) is 0 Å². The van der Waals surface area contributed by atoms with Crippen LogP contribution in [0.3, 0.4) is 0 Å². The zero-order valence-electron chi connectivity index (χ0n) is 22.1. The van der Waals surface area contributed by atoms with E-state index in [2.05, 4.69) is 16.0 Å². The van der Waals surface area contributed by atoms with Crippen molar-refractivity contribution in [3.8, 4) is 5.75 Å². The van der Waals surface area contributed by atoms with Crippen molar-refractivity contribution in [2.24, 2.45) is 23.5 Å². The van der Waals surface area contributed by atoms with E-state index in [1.807, 2.05) is 20.8 Å². The molecule has 0 saturated heterocycles. The Kier molecular flexibility index (Phi) is 12.4. The van der Waals surface area contributed by atoms with E-state index in [1.165, 1.54) is 12.1 Å². The van der Waals surface area contributed by atoms with Crippen molar-refractivity contribution in [3.05, 3.63) is 29.8 Å². The summed E-state index contributed by atoms with van der Waals surface area (Å²) in [5.41, 5.74) is 6.67. The van der Waals surface area contributed by atoms with Gasteiger partial charge in [-0.15, -0.1) is 0 Å². The van der Waals surface area contributed by atoms with Crippen molar-refractivity contribution in [2.45, 2.75) is 85.0 Å². The van der Waals surface area contributed by atoms with Gasteiger partial charge in [-0.3, -0.25) is 14.4 Å². The smallest absolute Gasteiger partial charge is 0.326 e. The molecule has 0 spiro atoms. The topological polar surface area (TPSA) is 171 Å². The second-order valence-corrected chi connectivity index (χ2v) is 9.78. The fraction of sp³-hybridized carbons (Fsp3) is 0.615. The molecule has 10 nitrogen and oxygen atoms in total. The highest BCUT2D eigenvalue weighted by atomic mass is 16.4. The van der Waals surface area contributed by atoms with E-state index in [0.29, 0.717) is 18.4 Å². The third-order valence-electron chi connectivity index (χ3n) is 6.59. The Bertz CT molecular complexity index is 889. The highest BCUT2D eigenvalue weighted by molar-refractivity contribution is 5.94. The first kappa shape index (κ1) is 30.9. The number of phenols is 1. The van der Waals surface area contributed by atoms with Gasteiger partial charge in [0, 0.05) is 6.42 Å². The highest BCUT2D eigenvalue weighted by Crippen LogP contribution is 2.14. The molecule has 0 bridgehead atoms. The fourth-order valence-electron chi connectivity index (χ4n) is 3.57. The Hall–Kier alpha value is -3.14. The Morgan fingerprint density at radius 2 is 1.33 bits per heavy atom. The lowest BCUT2D eigenvalue weighted by Gasteiger charge is -2.28. The molecule has 7 N–H and O–H groups in total. The third-order valence-corrected chi connectivity index (χ3v) is 6.59. The van der Waals surface area contributed by atoms with Crippen LogP contribution in [0.15, 0.2) is 24.3 Å². The molecule has 0 radical (unpaired) electrons. The summed E-state index contributed by atoms with van der Waals surface area (Å²) in [6, 6.07) is 2.15. The van der Waals surface area contributed by atoms with Crippen molar-refractivity contribution in [3.63, 3.8) is 0 Å². The number of carbonyl (C=O) groups excluding carboxylic acids is 3. The number of aromatic hydroxyl groups is 1. The lowest BCUT2D eigenvalue weighted by Crippen LogP contribution is -2.59. The van der Waals surface area contributed by atoms with Crippen LogP contribution in [0.1, 0.15) is 59.9 Å². The number of nitrogens with one attached hydrogen (secondary N) is 3. The lowest BCUT2D eigenvalue weighted by atomic mass is 9.96. The minimum Gasteiger partial charge on any atom is -0.508 e. The number of carboxylic acids is 1. The summed E-state index contributed by atoms with van der Waals surface area (Å²) < 4.78 is 0. The lowest BCUT2D eigenvalue weighted by molar-refractivity contribution is -0.143. The minimum atomic E-state index is -1.17. The second-order valence-electron chi connectivity index (χ2n) is 9.78. The Balaban J connectivity index is 3.17. The highest BCUT2D eigenvalue weighted by Gasteiger charge is 2.33. The fourth-order valence-corrected chi connectivity index (χ4v) is 3.57. The molecule has 0 saturated carbocycles. The molecule has 0 fully saturated rings. The molecule has 0 aliphatic rings. The number of carbonyl (C=O) groups is 4. The molecule has 6 atom stereocenters. The van der Waals surface area contributed by atoms with Crippen LogP contribution in [0.4, 0.5) is 0 Å². The van der Waals surface area contributed by atoms with Gasteiger partial charge in [-0.1, -0.05) is 66.5 Å². The van der Waals surface area contributed by atoms with Gasteiger partial charge in [0.15, 0.2) is 0 Å². The number of carboxylic acid groups (broad SMARTS) is 1. The molecular formula is C26H42N4O6. The number of nitrogens with two attached hydrogens (primary N) is 1. The number of rotatable bonds is 14. The summed E-state index contributed by atoms with van der Waals surface area (Å²) >= 11 is 0. The zero-order valence-corrected chi connectivity index (χ0v) is 22.1. The molecule has 0 heterocycles. The van der Waals surface area contributed by atoms with Gasteiger partial charge in [-0.05, 0) is 35.4 Å². The number of phenolic OH excluding ortho intramolecular Hbond substituents is 1. The SMILES string of the molecule is CCC(C)C(N)C(=O)NC(C(=O)NC(Cc1ccc(O)cc1)C(=O)NC(C(=O)O)C(C)CC)C(C)C. The quantitative estimate of drug-likeness (QED) is 0.222. The van der Waals surface area contributed by atoms with Crippen LogP contribution in [-0.2, 0) is 25.6 Å². The minimum absolute atomic E-state index is 0.0479. The van der Waals surface area contributed by atoms with E-state index in [0.717, 1.165) is 0 Å². The van der Waals surface area contributed by atoms with Crippen LogP contribution in [0.25, 0.3) is 0 Å². The first-order valence-corrected chi connectivity index (χ1v) is 12.5. The molecular weight excluding hydrogens is 464 g/mol. The van der Waals surface area contributed by atoms with Crippen LogP contribution in [0.5, 0.6) is 5.75 Å². The number of benzene rings is 1. The summed E-state index contributed by atoms with van der Waals surface area (Å²) in [6.07, 6.45) is 1.28. The van der Waals surface area contributed by atoms with Gasteiger partial charge < -0.3 is 31.9 Å². The molecule has 10 heteroatoms. The number of hydrogen-bond acceptors (Lipinski definition) is 6. The standard InChI is InChI=1S/C26H42N4O6/c1-7-15(5)20(27)24(33)29-21(14(3)4)25(34)28-19(13-17-9-11-18(31)12-10-17)23(32)30-22(26(35)36)16(6)8-2/h9-12,14-16,19-22,31H,7-8,13,27H2,1-6H3,(H,28,34)(H,29,33)(H,30,32)(H,35,36). The van der Waals surface area contributed by atoms with Gasteiger partial charge in [0.1, 0.15) is 23.9 Å². The van der Waals surface area contributed by atoms with E-state index in [1.54, 1.807) is 32.9 Å². The van der Waals surface area contributed by atoms with Crippen molar-refractivity contribution in [1.82, 2.24) is 16.0 Å². The Morgan fingerprint density at radius 1 is 0.806 bits per heavy atom. The average molecular weight is 507 g/mol. The van der Waals surface area contributed by atoms with Gasteiger partial charge in [0.05, 0.1) is 6.04 Å². The Labute approximate surface area is 213 Å². The number of hydrogen-bond donors (Lipinski definition) is 6. The van der Waals surface area contributed by atoms with Gasteiger partial charge in [0.2, 0.25) is 17.7 Å². The largest absolute Gasteiger partial charge is 0.508 e. The first-order chi connectivity index (χ1) is 16.8. The van der Waals surface area contributed by atoms with Crippen molar-refractivity contribution in [1.29, 1.82) is 0 Å². The van der Waals surface area contributed by atoms with Gasteiger partial charge in [-0.2, -0.15) is 0 Å². The van der Waals surface area contributed by atoms with Crippen molar-refractivity contribution >= 4 is 23.7 Å². The predicted molar refractivity (Wildman–Crippen MR) is 137 cm³/mol. The molecule has 3 amide bonds.